The number of aliphatic hydroxyl groups excluding tert-OH is 1. The highest BCUT2D eigenvalue weighted by Crippen LogP contribution is 2.75. The predicted octanol–water partition coefficient (Wildman–Crippen LogP) is 6.68. The van der Waals surface area contributed by atoms with Crippen molar-refractivity contribution >= 4 is 11.8 Å². The molecule has 3 saturated carbocycles. The number of urea groups is 1. The average molecular weight is 493 g/mol. The summed E-state index contributed by atoms with van der Waals surface area (Å²) in [6.45, 7) is 16.5. The van der Waals surface area contributed by atoms with Crippen LogP contribution in [0, 0.1) is 27.6 Å². The lowest BCUT2D eigenvalue weighted by Gasteiger charge is -2.70. The van der Waals surface area contributed by atoms with E-state index in [9.17, 15) is 14.7 Å². The zero-order chi connectivity index (χ0) is 26.3. The Bertz CT molecular complexity index is 1160. The Hall–Kier alpha value is -2.30. The fraction of sp³-hybridized carbons (Fsp3) is 0.677. The third kappa shape index (κ3) is 3.26. The highest BCUT2D eigenvalue weighted by Gasteiger charge is 2.66. The number of aliphatic hydroxyl groups is 1. The minimum atomic E-state index is -0.267. The Balaban J connectivity index is 1.56. The zero-order valence-corrected chi connectivity index (χ0v) is 23.2. The molecule has 0 radical (unpaired) electrons. The summed E-state index contributed by atoms with van der Waals surface area (Å²) in [7, 11) is 0. The van der Waals surface area contributed by atoms with E-state index in [4.69, 9.17) is 0 Å². The van der Waals surface area contributed by atoms with Gasteiger partial charge in [0.1, 0.15) is 0 Å². The van der Waals surface area contributed by atoms with Crippen LogP contribution >= 0.6 is 0 Å². The first kappa shape index (κ1) is 25.4. The molecule has 0 saturated heterocycles. The molecule has 5 rings (SSSR count). The van der Waals surface area contributed by atoms with Crippen molar-refractivity contribution in [2.45, 2.75) is 99.0 Å². The van der Waals surface area contributed by atoms with Crippen LogP contribution in [-0.2, 0) is 4.79 Å². The summed E-state index contributed by atoms with van der Waals surface area (Å²) in [6.07, 6.45) is 13.7. The predicted molar refractivity (Wildman–Crippen MR) is 143 cm³/mol. The summed E-state index contributed by atoms with van der Waals surface area (Å²) in [4.78, 5) is 25.2. The number of amides is 2. The highest BCUT2D eigenvalue weighted by molar-refractivity contribution is 6.06. The number of hydrogen-bond donors (Lipinski definition) is 3. The Morgan fingerprint density at radius 3 is 2.42 bits per heavy atom. The van der Waals surface area contributed by atoms with Crippen LogP contribution < -0.4 is 10.6 Å². The molecule has 36 heavy (non-hydrogen) atoms. The smallest absolute Gasteiger partial charge is 0.315 e. The Morgan fingerprint density at radius 1 is 1.03 bits per heavy atom. The van der Waals surface area contributed by atoms with Crippen molar-refractivity contribution in [1.82, 2.24) is 10.6 Å². The van der Waals surface area contributed by atoms with E-state index in [1.807, 2.05) is 13.8 Å². The Morgan fingerprint density at radius 2 is 1.72 bits per heavy atom. The van der Waals surface area contributed by atoms with Crippen molar-refractivity contribution in [3.8, 4) is 0 Å². The molecular weight excluding hydrogens is 448 g/mol. The van der Waals surface area contributed by atoms with Crippen molar-refractivity contribution in [3.63, 3.8) is 0 Å². The molecule has 5 aliphatic carbocycles. The van der Waals surface area contributed by atoms with Crippen LogP contribution in [0.25, 0.3) is 0 Å². The van der Waals surface area contributed by atoms with E-state index < -0.39 is 0 Å². The summed E-state index contributed by atoms with van der Waals surface area (Å²) in [6, 6.07) is -0.0585. The van der Waals surface area contributed by atoms with Gasteiger partial charge in [-0.05, 0) is 105 Å². The topological polar surface area (TPSA) is 78.4 Å². The molecule has 3 N–H and O–H groups in total. The number of fused-ring (bicyclic) bond motifs is 7. The second-order valence-electron chi connectivity index (χ2n) is 13.6. The van der Waals surface area contributed by atoms with Gasteiger partial charge in [0.2, 0.25) is 5.78 Å². The van der Waals surface area contributed by atoms with Gasteiger partial charge in [-0.25, -0.2) is 4.79 Å². The molecule has 0 unspecified atom stereocenters. The molecule has 0 aromatic carbocycles. The van der Waals surface area contributed by atoms with E-state index in [1.54, 1.807) is 6.08 Å². The summed E-state index contributed by atoms with van der Waals surface area (Å²) < 4.78 is 0. The van der Waals surface area contributed by atoms with Gasteiger partial charge in [-0.3, -0.25) is 4.79 Å². The minimum absolute atomic E-state index is 0.00284. The zero-order valence-electron chi connectivity index (χ0n) is 23.2. The quantitative estimate of drug-likeness (QED) is 0.402. The third-order valence-corrected chi connectivity index (χ3v) is 11.6. The number of hydrogen-bond acceptors (Lipinski definition) is 3. The van der Waals surface area contributed by atoms with Gasteiger partial charge in [0, 0.05) is 23.1 Å². The van der Waals surface area contributed by atoms with Crippen LogP contribution in [0.5, 0.6) is 0 Å². The maximum atomic E-state index is 12.7. The number of nitrogens with one attached hydrogen (secondary N) is 2. The van der Waals surface area contributed by atoms with Gasteiger partial charge in [0.15, 0.2) is 5.76 Å². The molecule has 5 heteroatoms. The number of ketones is 1. The first-order valence-electron chi connectivity index (χ1n) is 13.9. The van der Waals surface area contributed by atoms with E-state index in [0.717, 1.165) is 49.7 Å². The molecule has 5 aliphatic rings. The van der Waals surface area contributed by atoms with Gasteiger partial charge in [0.25, 0.3) is 0 Å². The largest absolute Gasteiger partial charge is 0.504 e. The number of allylic oxidation sites excluding steroid dienone is 7. The van der Waals surface area contributed by atoms with Gasteiger partial charge >= 0.3 is 6.03 Å². The summed E-state index contributed by atoms with van der Waals surface area (Å²) >= 11 is 0. The summed E-state index contributed by atoms with van der Waals surface area (Å²) in [5.74, 6) is 0.107. The lowest BCUT2D eigenvalue weighted by Crippen LogP contribution is -2.64. The molecule has 2 amide bonds. The second kappa shape index (κ2) is 7.85. The molecule has 3 fully saturated rings. The summed E-state index contributed by atoms with van der Waals surface area (Å²) in [5, 5.41) is 16.6. The third-order valence-electron chi connectivity index (χ3n) is 11.6. The fourth-order valence-electron chi connectivity index (χ4n) is 9.05. The van der Waals surface area contributed by atoms with Crippen LogP contribution in [0.15, 0.2) is 46.3 Å². The lowest BCUT2D eigenvalue weighted by molar-refractivity contribution is -0.152. The van der Waals surface area contributed by atoms with Crippen molar-refractivity contribution in [1.29, 1.82) is 0 Å². The van der Waals surface area contributed by atoms with Crippen molar-refractivity contribution < 1.29 is 14.7 Å². The molecule has 6 atom stereocenters. The van der Waals surface area contributed by atoms with Crippen LogP contribution in [0.3, 0.4) is 0 Å². The van der Waals surface area contributed by atoms with Crippen molar-refractivity contribution in [2.75, 3.05) is 6.54 Å². The molecule has 0 aromatic heterocycles. The van der Waals surface area contributed by atoms with E-state index >= 15 is 0 Å². The maximum absolute atomic E-state index is 12.7. The first-order valence-corrected chi connectivity index (χ1v) is 13.9. The first-order chi connectivity index (χ1) is 16.7. The highest BCUT2D eigenvalue weighted by atomic mass is 16.3. The number of rotatable bonds is 2. The van der Waals surface area contributed by atoms with Crippen LogP contribution in [-0.4, -0.2) is 29.0 Å². The molecule has 196 valence electrons. The fourth-order valence-corrected chi connectivity index (χ4v) is 9.05. The normalized spacial score (nSPS) is 43.7. The summed E-state index contributed by atoms with van der Waals surface area (Å²) in [5.41, 5.74) is 4.19. The van der Waals surface area contributed by atoms with Gasteiger partial charge in [-0.1, -0.05) is 45.4 Å². The average Bonchev–Trinajstić information content (AvgIpc) is 2.81. The molecule has 0 aromatic rings. The Labute approximate surface area is 216 Å². The Kier molecular flexibility index (Phi) is 5.53. The molecule has 0 heterocycles. The van der Waals surface area contributed by atoms with E-state index in [1.165, 1.54) is 12.0 Å². The van der Waals surface area contributed by atoms with E-state index in [-0.39, 0.29) is 44.8 Å². The SMILES string of the molecule is CCNC(=O)N[C@]1(C)CC[C@]2(C)CC[C@]3(C)C4=CC=C5C(=CC(=O)C(O)=C5C)[C@]4(C)CC[C@@]3(C)[C@@H]2C1. The standard InChI is InChI=1S/C31H44N2O3/c1-8-32-26(36)33-28(4)13-11-27(3)12-15-30(6)23-10-9-20-19(2)25(35)22(34)17-21(20)29(23,5)14-16-31(30,7)24(27)18-28/h9-10,17,24,35H,8,11-16,18H2,1-7H3,(H2,32,33,36)/t24-,27-,28-,29+,30-,31+/m1/s1. The van der Waals surface area contributed by atoms with Gasteiger partial charge < -0.3 is 15.7 Å². The van der Waals surface area contributed by atoms with E-state index in [2.05, 4.69) is 57.4 Å². The molecule has 0 bridgehead atoms. The van der Waals surface area contributed by atoms with Crippen LogP contribution in [0.4, 0.5) is 4.79 Å². The molecular formula is C31H44N2O3. The van der Waals surface area contributed by atoms with Gasteiger partial charge in [-0.15, -0.1) is 0 Å². The molecule has 0 aliphatic heterocycles. The van der Waals surface area contributed by atoms with Crippen molar-refractivity contribution in [2.24, 2.45) is 27.6 Å². The molecule has 5 nitrogen and oxygen atoms in total. The number of carbonyl (C=O) groups is 2. The van der Waals surface area contributed by atoms with Gasteiger partial charge in [-0.2, -0.15) is 0 Å². The number of carbonyl (C=O) groups excluding carboxylic acids is 2. The van der Waals surface area contributed by atoms with Crippen molar-refractivity contribution in [3.05, 3.63) is 46.3 Å². The lowest BCUT2D eigenvalue weighted by atomic mass is 9.35. The maximum Gasteiger partial charge on any atom is 0.315 e. The second-order valence-corrected chi connectivity index (χ2v) is 13.6. The van der Waals surface area contributed by atoms with E-state index in [0.29, 0.717) is 18.0 Å². The van der Waals surface area contributed by atoms with Crippen LogP contribution in [0.2, 0.25) is 0 Å². The monoisotopic (exact) mass is 492 g/mol. The minimum Gasteiger partial charge on any atom is -0.504 e. The molecule has 0 spiro atoms. The van der Waals surface area contributed by atoms with Gasteiger partial charge in [0.05, 0.1) is 0 Å². The van der Waals surface area contributed by atoms with Crippen LogP contribution in [0.1, 0.15) is 93.4 Å².